The minimum absolute atomic E-state index is 0.00653. The molecule has 1 aliphatic heterocycles. The van der Waals surface area contributed by atoms with E-state index in [9.17, 15) is 14.0 Å². The summed E-state index contributed by atoms with van der Waals surface area (Å²) in [5.74, 6) is -0.326. The van der Waals surface area contributed by atoms with E-state index >= 15 is 0 Å². The van der Waals surface area contributed by atoms with Gasteiger partial charge in [-0.15, -0.1) is 0 Å². The van der Waals surface area contributed by atoms with Crippen molar-refractivity contribution in [1.29, 1.82) is 0 Å². The average molecular weight is 384 g/mol. The zero-order chi connectivity index (χ0) is 19.7. The van der Waals surface area contributed by atoms with Crippen LogP contribution in [0.1, 0.15) is 34.5 Å². The van der Waals surface area contributed by atoms with Crippen LogP contribution in [0.5, 0.6) is 0 Å². The number of hydrogen-bond acceptors (Lipinski definition) is 4. The van der Waals surface area contributed by atoms with Crippen LogP contribution in [0, 0.1) is 12.7 Å². The fourth-order valence-electron chi connectivity index (χ4n) is 3.60. The number of aromatic nitrogens is 1. The standard InChI is InChI=1S/C21H21FN2O4/c1-13-18(20(25)23-11-16-6-3-9-27-16)19-17(28-13)7-8-24(21(19)26)12-14-4-2-5-15(22)10-14/h2,4-5,7-8,10,16H,3,6,9,11-12H2,1H3,(H,23,25)/t16-/m1/s1. The molecule has 0 unspecified atom stereocenters. The fourth-order valence-corrected chi connectivity index (χ4v) is 3.60. The van der Waals surface area contributed by atoms with E-state index in [1.165, 1.54) is 16.7 Å². The van der Waals surface area contributed by atoms with Crippen LogP contribution in [0.3, 0.4) is 0 Å². The lowest BCUT2D eigenvalue weighted by Crippen LogP contribution is -2.32. The molecule has 0 aliphatic carbocycles. The van der Waals surface area contributed by atoms with Gasteiger partial charge in [0.25, 0.3) is 11.5 Å². The number of benzene rings is 1. The van der Waals surface area contributed by atoms with Crippen LogP contribution < -0.4 is 10.9 Å². The van der Waals surface area contributed by atoms with Crippen molar-refractivity contribution < 1.29 is 18.3 Å². The summed E-state index contributed by atoms with van der Waals surface area (Å²) < 4.78 is 26.0. The van der Waals surface area contributed by atoms with Crippen LogP contribution in [0.2, 0.25) is 0 Å². The van der Waals surface area contributed by atoms with E-state index in [-0.39, 0.29) is 40.9 Å². The summed E-state index contributed by atoms with van der Waals surface area (Å²) in [4.78, 5) is 25.8. The van der Waals surface area contributed by atoms with Crippen LogP contribution in [-0.2, 0) is 11.3 Å². The van der Waals surface area contributed by atoms with E-state index in [1.54, 1.807) is 31.3 Å². The highest BCUT2D eigenvalue weighted by atomic mass is 19.1. The van der Waals surface area contributed by atoms with Gasteiger partial charge in [0.2, 0.25) is 0 Å². The number of hydrogen-bond donors (Lipinski definition) is 1. The maximum atomic E-state index is 13.4. The molecule has 4 rings (SSSR count). The third kappa shape index (κ3) is 3.57. The van der Waals surface area contributed by atoms with Gasteiger partial charge in [-0.1, -0.05) is 12.1 Å². The molecule has 3 heterocycles. The Balaban J connectivity index is 1.65. The average Bonchev–Trinajstić information content (AvgIpc) is 3.29. The molecule has 28 heavy (non-hydrogen) atoms. The third-order valence-corrected chi connectivity index (χ3v) is 4.98. The topological polar surface area (TPSA) is 73.5 Å². The first kappa shape index (κ1) is 18.4. The van der Waals surface area contributed by atoms with Gasteiger partial charge in [-0.3, -0.25) is 9.59 Å². The first-order valence-corrected chi connectivity index (χ1v) is 9.29. The van der Waals surface area contributed by atoms with Gasteiger partial charge in [-0.25, -0.2) is 4.39 Å². The van der Waals surface area contributed by atoms with Crippen molar-refractivity contribution in [2.75, 3.05) is 13.2 Å². The lowest BCUT2D eigenvalue weighted by Gasteiger charge is -2.11. The zero-order valence-corrected chi connectivity index (χ0v) is 15.5. The fraction of sp³-hybridized carbons (Fsp3) is 0.333. The highest BCUT2D eigenvalue weighted by molar-refractivity contribution is 6.06. The molecule has 0 saturated carbocycles. The molecule has 6 nitrogen and oxygen atoms in total. The first-order chi connectivity index (χ1) is 13.5. The molecule has 1 saturated heterocycles. The Kier molecular flexibility index (Phi) is 5.00. The molecule has 1 aromatic carbocycles. The highest BCUT2D eigenvalue weighted by Crippen LogP contribution is 2.23. The maximum Gasteiger partial charge on any atom is 0.262 e. The van der Waals surface area contributed by atoms with E-state index in [0.29, 0.717) is 30.1 Å². The summed E-state index contributed by atoms with van der Waals surface area (Å²) in [5.41, 5.74) is 0.916. The van der Waals surface area contributed by atoms with Crippen LogP contribution >= 0.6 is 0 Å². The second-order valence-corrected chi connectivity index (χ2v) is 7.00. The number of carbonyl (C=O) groups excluding carboxylic acids is 1. The van der Waals surface area contributed by atoms with Gasteiger partial charge >= 0.3 is 0 Å². The largest absolute Gasteiger partial charge is 0.460 e. The second kappa shape index (κ2) is 7.59. The van der Waals surface area contributed by atoms with Crippen molar-refractivity contribution in [2.45, 2.75) is 32.4 Å². The molecule has 1 fully saturated rings. The Bertz CT molecular complexity index is 1080. The third-order valence-electron chi connectivity index (χ3n) is 4.98. The summed E-state index contributed by atoms with van der Waals surface area (Å²) in [6.07, 6.45) is 3.49. The van der Waals surface area contributed by atoms with Crippen molar-refractivity contribution in [3.8, 4) is 0 Å². The van der Waals surface area contributed by atoms with Crippen molar-refractivity contribution in [3.63, 3.8) is 0 Å². The number of pyridine rings is 1. The Hall–Kier alpha value is -2.93. The van der Waals surface area contributed by atoms with Gasteiger partial charge in [0.15, 0.2) is 0 Å². The Morgan fingerprint density at radius 3 is 2.96 bits per heavy atom. The molecular formula is C21H21FN2O4. The molecule has 0 radical (unpaired) electrons. The maximum absolute atomic E-state index is 13.4. The van der Waals surface area contributed by atoms with E-state index in [4.69, 9.17) is 9.15 Å². The summed E-state index contributed by atoms with van der Waals surface area (Å²) in [5, 5.41) is 3.08. The van der Waals surface area contributed by atoms with Crippen molar-refractivity contribution in [2.24, 2.45) is 0 Å². The van der Waals surface area contributed by atoms with E-state index in [1.807, 2.05) is 0 Å². The van der Waals surface area contributed by atoms with Crippen LogP contribution in [0.4, 0.5) is 4.39 Å². The van der Waals surface area contributed by atoms with E-state index in [2.05, 4.69) is 5.32 Å². The van der Waals surface area contributed by atoms with Gasteiger partial charge < -0.3 is 19.0 Å². The van der Waals surface area contributed by atoms with Crippen molar-refractivity contribution in [1.82, 2.24) is 9.88 Å². The molecule has 2 aromatic heterocycles. The molecule has 0 bridgehead atoms. The number of ether oxygens (including phenoxy) is 1. The first-order valence-electron chi connectivity index (χ1n) is 9.29. The smallest absolute Gasteiger partial charge is 0.262 e. The predicted octanol–water partition coefficient (Wildman–Crippen LogP) is 3.00. The summed E-state index contributed by atoms with van der Waals surface area (Å²) in [6.45, 7) is 2.97. The number of rotatable bonds is 5. The number of amides is 1. The minimum Gasteiger partial charge on any atom is -0.460 e. The molecular weight excluding hydrogens is 363 g/mol. The molecule has 3 aromatic rings. The number of halogens is 1. The summed E-state index contributed by atoms with van der Waals surface area (Å²) in [6, 6.07) is 7.73. The summed E-state index contributed by atoms with van der Waals surface area (Å²) in [7, 11) is 0. The number of nitrogens with zero attached hydrogens (tertiary/aromatic N) is 1. The monoisotopic (exact) mass is 384 g/mol. The number of nitrogens with one attached hydrogen (secondary N) is 1. The lowest BCUT2D eigenvalue weighted by atomic mass is 10.1. The quantitative estimate of drug-likeness (QED) is 0.734. The molecule has 1 aliphatic rings. The molecule has 1 amide bonds. The molecule has 7 heteroatoms. The number of carbonyl (C=O) groups is 1. The van der Waals surface area contributed by atoms with Gasteiger partial charge in [0.05, 0.1) is 23.6 Å². The summed E-state index contributed by atoms with van der Waals surface area (Å²) >= 11 is 0. The van der Waals surface area contributed by atoms with E-state index in [0.717, 1.165) is 12.8 Å². The Morgan fingerprint density at radius 1 is 1.36 bits per heavy atom. The van der Waals surface area contributed by atoms with Gasteiger partial charge in [-0.05, 0) is 43.5 Å². The predicted molar refractivity (Wildman–Crippen MR) is 102 cm³/mol. The van der Waals surface area contributed by atoms with Gasteiger partial charge in [-0.2, -0.15) is 0 Å². The number of aryl methyl sites for hydroxylation is 1. The van der Waals surface area contributed by atoms with E-state index < -0.39 is 0 Å². The Labute approximate surface area is 160 Å². The molecule has 1 N–H and O–H groups in total. The van der Waals surface area contributed by atoms with Crippen LogP contribution in [0.15, 0.2) is 45.7 Å². The zero-order valence-electron chi connectivity index (χ0n) is 15.5. The number of fused-ring (bicyclic) bond motifs is 1. The van der Waals surface area contributed by atoms with Crippen LogP contribution in [-0.4, -0.2) is 29.7 Å². The molecule has 146 valence electrons. The molecule has 1 atom stereocenters. The number of furan rings is 1. The lowest BCUT2D eigenvalue weighted by molar-refractivity contribution is 0.0857. The van der Waals surface area contributed by atoms with Crippen molar-refractivity contribution in [3.05, 3.63) is 69.6 Å². The SMILES string of the molecule is Cc1oc2ccn(Cc3cccc(F)c3)c(=O)c2c1C(=O)NC[C@H]1CCCO1. The minimum atomic E-state index is -0.361. The van der Waals surface area contributed by atoms with Gasteiger partial charge in [0.1, 0.15) is 17.2 Å². The molecule has 0 spiro atoms. The van der Waals surface area contributed by atoms with Crippen LogP contribution in [0.25, 0.3) is 11.0 Å². The van der Waals surface area contributed by atoms with Crippen molar-refractivity contribution >= 4 is 16.9 Å². The Morgan fingerprint density at radius 2 is 2.21 bits per heavy atom. The normalized spacial score (nSPS) is 16.6. The highest BCUT2D eigenvalue weighted by Gasteiger charge is 2.23. The second-order valence-electron chi connectivity index (χ2n) is 7.00. The van der Waals surface area contributed by atoms with Gasteiger partial charge in [0, 0.05) is 19.3 Å².